The molecule has 0 aliphatic carbocycles. The van der Waals surface area contributed by atoms with Gasteiger partial charge in [0.15, 0.2) is 23.0 Å². The van der Waals surface area contributed by atoms with E-state index in [1.165, 1.54) is 6.92 Å². The lowest BCUT2D eigenvalue weighted by Crippen LogP contribution is -2.28. The number of hydrogen-bond acceptors (Lipinski definition) is 7. The zero-order chi connectivity index (χ0) is 19.8. The maximum atomic E-state index is 11.6. The van der Waals surface area contributed by atoms with Crippen LogP contribution in [0.2, 0.25) is 0 Å². The van der Waals surface area contributed by atoms with Crippen LogP contribution in [-0.4, -0.2) is 32.5 Å². The molecule has 7 heteroatoms. The molecule has 0 saturated carbocycles. The third-order valence-electron chi connectivity index (χ3n) is 5.56. The molecule has 2 aromatic carbocycles. The summed E-state index contributed by atoms with van der Waals surface area (Å²) < 4.78 is 33.1. The van der Waals surface area contributed by atoms with Gasteiger partial charge in [-0.05, 0) is 54.2 Å². The van der Waals surface area contributed by atoms with Gasteiger partial charge in [-0.25, -0.2) is 0 Å². The molecule has 7 nitrogen and oxygen atoms in total. The molecule has 2 aromatic rings. The lowest BCUT2D eigenvalue weighted by atomic mass is 9.84. The molecule has 152 valence electrons. The molecular weight excluding hydrogens is 376 g/mol. The largest absolute Gasteiger partial charge is 0.454 e. The first-order valence-electron chi connectivity index (χ1n) is 9.71. The molecule has 1 fully saturated rings. The van der Waals surface area contributed by atoms with Gasteiger partial charge >= 0.3 is 5.97 Å². The molecule has 0 aromatic heterocycles. The highest BCUT2D eigenvalue weighted by molar-refractivity contribution is 5.66. The fraction of sp³-hybridized carbons (Fsp3) is 0.409. The molecule has 1 saturated heterocycles. The molecule has 5 rings (SSSR count). The molecular formula is C22H22O7. The van der Waals surface area contributed by atoms with Gasteiger partial charge in [-0.3, -0.25) is 4.79 Å². The van der Waals surface area contributed by atoms with Crippen LogP contribution in [0.5, 0.6) is 23.0 Å². The number of fused-ring (bicyclic) bond motifs is 2. The summed E-state index contributed by atoms with van der Waals surface area (Å²) >= 11 is 0. The van der Waals surface area contributed by atoms with Gasteiger partial charge in [-0.15, -0.1) is 0 Å². The number of carbonyl (C=O) groups is 1. The minimum atomic E-state index is -0.558. The molecule has 3 heterocycles. The number of carbonyl (C=O) groups excluding carboxylic acids is 1. The van der Waals surface area contributed by atoms with Crippen molar-refractivity contribution in [2.75, 3.05) is 20.2 Å². The van der Waals surface area contributed by atoms with Gasteiger partial charge in [0.25, 0.3) is 0 Å². The first-order valence-corrected chi connectivity index (χ1v) is 9.71. The quantitative estimate of drug-likeness (QED) is 0.717. The van der Waals surface area contributed by atoms with E-state index in [0.717, 1.165) is 40.5 Å². The highest BCUT2D eigenvalue weighted by Crippen LogP contribution is 2.39. The van der Waals surface area contributed by atoms with Crippen LogP contribution >= 0.6 is 0 Å². The van der Waals surface area contributed by atoms with Crippen LogP contribution in [0.25, 0.3) is 0 Å². The van der Waals surface area contributed by atoms with Gasteiger partial charge in [0.2, 0.25) is 19.9 Å². The van der Waals surface area contributed by atoms with Crippen LogP contribution in [0.1, 0.15) is 18.1 Å². The monoisotopic (exact) mass is 398 g/mol. The van der Waals surface area contributed by atoms with Crippen molar-refractivity contribution < 1.29 is 33.2 Å². The van der Waals surface area contributed by atoms with Gasteiger partial charge in [-0.1, -0.05) is 12.1 Å². The molecule has 0 radical (unpaired) electrons. The molecule has 0 amide bonds. The van der Waals surface area contributed by atoms with Gasteiger partial charge < -0.3 is 28.4 Å². The van der Waals surface area contributed by atoms with Crippen molar-refractivity contribution in [3.8, 4) is 23.0 Å². The normalized spacial score (nSPS) is 24.0. The molecule has 0 spiro atoms. The average molecular weight is 398 g/mol. The molecule has 0 N–H and O–H groups in total. The Kier molecular flexibility index (Phi) is 4.67. The van der Waals surface area contributed by atoms with Crippen molar-refractivity contribution in [1.82, 2.24) is 0 Å². The average Bonchev–Trinajstić information content (AvgIpc) is 3.43. The van der Waals surface area contributed by atoms with Crippen LogP contribution < -0.4 is 18.9 Å². The SMILES string of the molecule is CC(=O)OC1OC[C@H](Cc2ccc3c(c2)OCO3)[C@H]1Cc1ccc2c(c1)OCO2. The van der Waals surface area contributed by atoms with E-state index in [0.29, 0.717) is 13.0 Å². The first-order chi connectivity index (χ1) is 14.2. The molecule has 1 unspecified atom stereocenters. The zero-order valence-electron chi connectivity index (χ0n) is 16.1. The van der Waals surface area contributed by atoms with Crippen LogP contribution in [-0.2, 0) is 27.1 Å². The number of benzene rings is 2. The topological polar surface area (TPSA) is 72.5 Å². The Morgan fingerprint density at radius 1 is 0.897 bits per heavy atom. The van der Waals surface area contributed by atoms with E-state index in [-0.39, 0.29) is 31.4 Å². The Morgan fingerprint density at radius 3 is 2.10 bits per heavy atom. The Bertz CT molecular complexity index is 925. The molecule has 3 aliphatic rings. The lowest BCUT2D eigenvalue weighted by Gasteiger charge is -2.23. The third-order valence-corrected chi connectivity index (χ3v) is 5.56. The van der Waals surface area contributed by atoms with Crippen molar-refractivity contribution >= 4 is 5.97 Å². The Balaban J connectivity index is 1.36. The summed E-state index contributed by atoms with van der Waals surface area (Å²) in [7, 11) is 0. The maximum Gasteiger partial charge on any atom is 0.304 e. The second kappa shape index (κ2) is 7.48. The van der Waals surface area contributed by atoms with Gasteiger partial charge in [0.05, 0.1) is 6.61 Å². The maximum absolute atomic E-state index is 11.6. The summed E-state index contributed by atoms with van der Waals surface area (Å²) in [5.41, 5.74) is 2.24. The second-order valence-corrected chi connectivity index (χ2v) is 7.52. The third kappa shape index (κ3) is 3.70. The Morgan fingerprint density at radius 2 is 1.48 bits per heavy atom. The Labute approximate surface area is 168 Å². The van der Waals surface area contributed by atoms with Gasteiger partial charge in [-0.2, -0.15) is 0 Å². The highest BCUT2D eigenvalue weighted by atomic mass is 16.7. The van der Waals surface area contributed by atoms with E-state index in [4.69, 9.17) is 28.4 Å². The smallest absolute Gasteiger partial charge is 0.304 e. The van der Waals surface area contributed by atoms with Crippen LogP contribution in [0.3, 0.4) is 0 Å². The summed E-state index contributed by atoms with van der Waals surface area (Å²) in [6.07, 6.45) is 0.949. The molecule has 0 bridgehead atoms. The molecule has 29 heavy (non-hydrogen) atoms. The van der Waals surface area contributed by atoms with Crippen molar-refractivity contribution in [3.63, 3.8) is 0 Å². The van der Waals surface area contributed by atoms with Crippen LogP contribution in [0, 0.1) is 11.8 Å². The van der Waals surface area contributed by atoms with Crippen molar-refractivity contribution in [2.24, 2.45) is 11.8 Å². The summed E-state index contributed by atoms with van der Waals surface area (Å²) in [5.74, 6) is 2.93. The van der Waals surface area contributed by atoms with Crippen molar-refractivity contribution in [3.05, 3.63) is 47.5 Å². The minimum Gasteiger partial charge on any atom is -0.454 e. The summed E-state index contributed by atoms with van der Waals surface area (Å²) in [6.45, 7) is 2.44. The highest BCUT2D eigenvalue weighted by Gasteiger charge is 2.39. The van der Waals surface area contributed by atoms with Crippen molar-refractivity contribution in [1.29, 1.82) is 0 Å². The summed E-state index contributed by atoms with van der Waals surface area (Å²) in [4.78, 5) is 11.6. The molecule has 3 aliphatic heterocycles. The van der Waals surface area contributed by atoms with E-state index in [2.05, 4.69) is 0 Å². The predicted molar refractivity (Wildman–Crippen MR) is 101 cm³/mol. The van der Waals surface area contributed by atoms with E-state index >= 15 is 0 Å². The summed E-state index contributed by atoms with van der Waals surface area (Å²) in [5, 5.41) is 0. The summed E-state index contributed by atoms with van der Waals surface area (Å²) in [6, 6.07) is 11.9. The lowest BCUT2D eigenvalue weighted by molar-refractivity contribution is -0.173. The van der Waals surface area contributed by atoms with E-state index in [9.17, 15) is 4.79 Å². The number of rotatable bonds is 5. The van der Waals surface area contributed by atoms with Gasteiger partial charge in [0.1, 0.15) is 0 Å². The zero-order valence-corrected chi connectivity index (χ0v) is 16.1. The fourth-order valence-corrected chi connectivity index (χ4v) is 4.16. The minimum absolute atomic E-state index is 0.0321. The number of ether oxygens (including phenoxy) is 6. The van der Waals surface area contributed by atoms with Crippen molar-refractivity contribution in [2.45, 2.75) is 26.1 Å². The first kappa shape index (κ1) is 18.1. The van der Waals surface area contributed by atoms with E-state index in [1.807, 2.05) is 36.4 Å². The molecule has 3 atom stereocenters. The van der Waals surface area contributed by atoms with Crippen LogP contribution in [0.4, 0.5) is 0 Å². The van der Waals surface area contributed by atoms with Gasteiger partial charge in [0, 0.05) is 12.8 Å². The van der Waals surface area contributed by atoms with Crippen LogP contribution in [0.15, 0.2) is 36.4 Å². The number of esters is 1. The fourth-order valence-electron chi connectivity index (χ4n) is 4.16. The standard InChI is InChI=1S/C22H22O7/c1-13(23)29-22-17(7-15-3-5-19-21(9-15)28-12-26-19)16(10-24-22)6-14-2-4-18-20(8-14)27-11-25-18/h2-5,8-9,16-17,22H,6-7,10-12H2,1H3/t16-,17+,22?/m0/s1. The Hall–Kier alpha value is -2.93. The second-order valence-electron chi connectivity index (χ2n) is 7.52. The predicted octanol–water partition coefficient (Wildman–Crippen LogP) is 3.08. The number of hydrogen-bond donors (Lipinski definition) is 0. The van der Waals surface area contributed by atoms with E-state index < -0.39 is 6.29 Å². The van der Waals surface area contributed by atoms with E-state index in [1.54, 1.807) is 0 Å².